The molecule has 4 nitrogen and oxygen atoms in total. The summed E-state index contributed by atoms with van der Waals surface area (Å²) in [7, 11) is 0. The molecule has 1 aliphatic carbocycles. The van der Waals surface area contributed by atoms with Gasteiger partial charge in [-0.1, -0.05) is 30.1 Å². The third-order valence-corrected chi connectivity index (χ3v) is 4.77. The number of aliphatic hydroxyl groups is 1. The van der Waals surface area contributed by atoms with Crippen molar-refractivity contribution in [2.45, 2.75) is 45.1 Å². The summed E-state index contributed by atoms with van der Waals surface area (Å²) < 4.78 is 0. The van der Waals surface area contributed by atoms with Gasteiger partial charge in [-0.05, 0) is 44.6 Å². The zero-order valence-electron chi connectivity index (χ0n) is 12.5. The van der Waals surface area contributed by atoms with Crippen LogP contribution in [0, 0.1) is 5.92 Å². The molecule has 0 spiro atoms. The summed E-state index contributed by atoms with van der Waals surface area (Å²) in [5.74, 6) is 1.90. The van der Waals surface area contributed by atoms with E-state index in [1.54, 1.807) is 6.07 Å². The van der Waals surface area contributed by atoms with Crippen molar-refractivity contribution in [3.63, 3.8) is 0 Å². The summed E-state index contributed by atoms with van der Waals surface area (Å²) in [5.41, 5.74) is -0.333. The topological polar surface area (TPSA) is 57.2 Å². The van der Waals surface area contributed by atoms with E-state index in [4.69, 9.17) is 23.2 Å². The Morgan fingerprint density at radius 2 is 1.90 bits per heavy atom. The predicted molar refractivity (Wildman–Crippen MR) is 89.5 cm³/mol. The smallest absolute Gasteiger partial charge is 0.147 e. The number of halogens is 2. The minimum Gasteiger partial charge on any atom is -0.394 e. The average molecular weight is 332 g/mol. The van der Waals surface area contributed by atoms with Gasteiger partial charge in [0.25, 0.3) is 0 Å². The Bertz CT molecular complexity index is 488. The maximum Gasteiger partial charge on any atom is 0.147 e. The number of anilines is 2. The lowest BCUT2D eigenvalue weighted by molar-refractivity contribution is 0.155. The number of aromatic nitrogens is 1. The number of rotatable bonds is 5. The lowest BCUT2D eigenvalue weighted by atomic mass is 9.77. The van der Waals surface area contributed by atoms with Crippen molar-refractivity contribution in [3.05, 3.63) is 16.1 Å². The fraction of sp³-hybridized carbons (Fsp3) is 0.667. The number of hydrogen-bond donors (Lipinski definition) is 3. The van der Waals surface area contributed by atoms with Gasteiger partial charge in [-0.3, -0.25) is 0 Å². The van der Waals surface area contributed by atoms with Gasteiger partial charge in [-0.15, -0.1) is 0 Å². The van der Waals surface area contributed by atoms with Crippen molar-refractivity contribution in [2.24, 2.45) is 5.92 Å². The van der Waals surface area contributed by atoms with Crippen molar-refractivity contribution < 1.29 is 5.11 Å². The number of hydrogen-bond acceptors (Lipinski definition) is 4. The van der Waals surface area contributed by atoms with Gasteiger partial charge >= 0.3 is 0 Å². The van der Waals surface area contributed by atoms with Crippen LogP contribution in [0.15, 0.2) is 6.07 Å². The Balaban J connectivity index is 2.22. The molecule has 0 aliphatic heterocycles. The standard InChI is InChI=1S/C15H23Cl2N3O/c1-3-18-13-11(16)8-12(17)14(19-13)20-15(9-21)6-4-10(2)5-7-15/h8,10,21H,3-7,9H2,1-2H3,(H2,18,19,20). The number of aliphatic hydroxyl groups excluding tert-OH is 1. The van der Waals surface area contributed by atoms with Gasteiger partial charge in [-0.25, -0.2) is 4.98 Å². The van der Waals surface area contributed by atoms with Crippen LogP contribution >= 0.6 is 23.2 Å². The first-order valence-corrected chi connectivity index (χ1v) is 8.24. The quantitative estimate of drug-likeness (QED) is 0.757. The maximum absolute atomic E-state index is 9.83. The molecule has 1 aliphatic rings. The van der Waals surface area contributed by atoms with Gasteiger partial charge in [0, 0.05) is 6.54 Å². The first kappa shape index (κ1) is 16.7. The highest BCUT2D eigenvalue weighted by Crippen LogP contribution is 2.37. The second-order valence-electron chi connectivity index (χ2n) is 5.93. The summed E-state index contributed by atoms with van der Waals surface area (Å²) in [6, 6.07) is 1.69. The van der Waals surface area contributed by atoms with Gasteiger partial charge in [0.1, 0.15) is 11.6 Å². The van der Waals surface area contributed by atoms with Gasteiger partial charge < -0.3 is 15.7 Å². The Morgan fingerprint density at radius 1 is 1.29 bits per heavy atom. The molecule has 0 saturated heterocycles. The van der Waals surface area contributed by atoms with E-state index in [1.807, 2.05) is 6.92 Å². The lowest BCUT2D eigenvalue weighted by Crippen LogP contribution is -2.45. The van der Waals surface area contributed by atoms with Crippen LogP contribution in [0.5, 0.6) is 0 Å². The van der Waals surface area contributed by atoms with Crippen LogP contribution in [0.2, 0.25) is 10.0 Å². The molecule has 6 heteroatoms. The van der Waals surface area contributed by atoms with Crippen LogP contribution in [0.3, 0.4) is 0 Å². The Morgan fingerprint density at radius 3 is 2.48 bits per heavy atom. The molecule has 118 valence electrons. The van der Waals surface area contributed by atoms with E-state index in [1.165, 1.54) is 0 Å². The second-order valence-corrected chi connectivity index (χ2v) is 6.74. The first-order valence-electron chi connectivity index (χ1n) is 7.48. The van der Waals surface area contributed by atoms with Gasteiger partial charge in [0.2, 0.25) is 0 Å². The molecular formula is C15H23Cl2N3O. The third kappa shape index (κ3) is 3.93. The van der Waals surface area contributed by atoms with Gasteiger partial charge in [0.05, 0.1) is 22.2 Å². The summed E-state index contributed by atoms with van der Waals surface area (Å²) in [4.78, 5) is 4.47. The van der Waals surface area contributed by atoms with Crippen LogP contribution in [0.25, 0.3) is 0 Å². The molecule has 2 rings (SSSR count). The Labute approximate surface area is 136 Å². The molecule has 0 unspecified atom stereocenters. The van der Waals surface area contributed by atoms with E-state index in [0.29, 0.717) is 27.6 Å². The fourth-order valence-corrected chi connectivity index (χ4v) is 3.21. The predicted octanol–water partition coefficient (Wildman–Crippen LogP) is 4.17. The highest BCUT2D eigenvalue weighted by atomic mass is 35.5. The summed E-state index contributed by atoms with van der Waals surface area (Å²) in [6.45, 7) is 5.04. The first-order chi connectivity index (χ1) is 9.99. The third-order valence-electron chi connectivity index (χ3n) is 4.19. The zero-order valence-corrected chi connectivity index (χ0v) is 14.1. The highest BCUT2D eigenvalue weighted by Gasteiger charge is 2.34. The molecule has 0 bridgehead atoms. The second kappa shape index (κ2) is 7.03. The average Bonchev–Trinajstić information content (AvgIpc) is 2.47. The summed E-state index contributed by atoms with van der Waals surface area (Å²) in [6.07, 6.45) is 4.03. The number of nitrogens with zero attached hydrogens (tertiary/aromatic N) is 1. The van der Waals surface area contributed by atoms with Crippen molar-refractivity contribution in [1.82, 2.24) is 4.98 Å². The van der Waals surface area contributed by atoms with E-state index >= 15 is 0 Å². The molecule has 0 atom stereocenters. The summed E-state index contributed by atoms with van der Waals surface area (Å²) in [5, 5.41) is 17.3. The van der Waals surface area contributed by atoms with Crippen LogP contribution < -0.4 is 10.6 Å². The minimum atomic E-state index is -0.333. The molecule has 3 N–H and O–H groups in total. The van der Waals surface area contributed by atoms with Crippen molar-refractivity contribution >= 4 is 34.8 Å². The van der Waals surface area contributed by atoms with E-state index in [2.05, 4.69) is 22.5 Å². The lowest BCUT2D eigenvalue weighted by Gasteiger charge is -2.39. The van der Waals surface area contributed by atoms with E-state index in [9.17, 15) is 5.11 Å². The van der Waals surface area contributed by atoms with Crippen LogP contribution in [-0.4, -0.2) is 28.8 Å². The Kier molecular flexibility index (Phi) is 5.58. The molecule has 21 heavy (non-hydrogen) atoms. The van der Waals surface area contributed by atoms with Crippen molar-refractivity contribution in [2.75, 3.05) is 23.8 Å². The number of nitrogens with one attached hydrogen (secondary N) is 2. The zero-order chi connectivity index (χ0) is 15.5. The van der Waals surface area contributed by atoms with Crippen molar-refractivity contribution in [1.29, 1.82) is 0 Å². The monoisotopic (exact) mass is 331 g/mol. The van der Waals surface area contributed by atoms with Crippen LogP contribution in [0.4, 0.5) is 11.6 Å². The molecule has 1 aromatic rings. The molecular weight excluding hydrogens is 309 g/mol. The van der Waals surface area contributed by atoms with Crippen molar-refractivity contribution in [3.8, 4) is 0 Å². The fourth-order valence-electron chi connectivity index (χ4n) is 2.73. The summed E-state index contributed by atoms with van der Waals surface area (Å²) >= 11 is 12.4. The molecule has 0 amide bonds. The molecule has 1 heterocycles. The number of pyridine rings is 1. The van der Waals surface area contributed by atoms with E-state index in [0.717, 1.165) is 32.2 Å². The highest BCUT2D eigenvalue weighted by molar-refractivity contribution is 6.37. The molecule has 1 saturated carbocycles. The SMILES string of the molecule is CCNc1nc(NC2(CO)CCC(C)CC2)c(Cl)cc1Cl. The molecule has 0 aromatic carbocycles. The van der Waals surface area contributed by atoms with E-state index < -0.39 is 0 Å². The normalized spacial score (nSPS) is 25.7. The largest absolute Gasteiger partial charge is 0.394 e. The molecule has 0 radical (unpaired) electrons. The molecule has 1 fully saturated rings. The molecule has 1 aromatic heterocycles. The van der Waals surface area contributed by atoms with Gasteiger partial charge in [-0.2, -0.15) is 0 Å². The van der Waals surface area contributed by atoms with Crippen LogP contribution in [0.1, 0.15) is 39.5 Å². The van der Waals surface area contributed by atoms with E-state index in [-0.39, 0.29) is 12.1 Å². The maximum atomic E-state index is 9.83. The van der Waals surface area contributed by atoms with Crippen LogP contribution in [-0.2, 0) is 0 Å². The minimum absolute atomic E-state index is 0.0803. The van der Waals surface area contributed by atoms with Gasteiger partial charge in [0.15, 0.2) is 0 Å². The Hall–Kier alpha value is -0.710.